The van der Waals surface area contributed by atoms with Crippen molar-refractivity contribution in [1.29, 1.82) is 0 Å². The van der Waals surface area contributed by atoms with Crippen molar-refractivity contribution in [3.05, 3.63) is 30.3 Å². The second-order valence-electron chi connectivity index (χ2n) is 5.32. The molecule has 0 atom stereocenters. The van der Waals surface area contributed by atoms with Crippen LogP contribution in [0.3, 0.4) is 0 Å². The Labute approximate surface area is 139 Å². The molecule has 0 aliphatic heterocycles. The van der Waals surface area contributed by atoms with Gasteiger partial charge in [0.2, 0.25) is 0 Å². The minimum Gasteiger partial charge on any atom is -0.372 e. The number of aliphatic imine (C=N–C) groups is 1. The lowest BCUT2D eigenvalue weighted by molar-refractivity contribution is 0.600. The van der Waals surface area contributed by atoms with Gasteiger partial charge in [0.05, 0.1) is 5.75 Å². The molecule has 6 nitrogen and oxygen atoms in total. The monoisotopic (exact) mass is 340 g/mol. The molecule has 2 N–H and O–H groups in total. The number of benzene rings is 1. The van der Waals surface area contributed by atoms with Crippen molar-refractivity contribution in [1.82, 2.24) is 10.6 Å². The zero-order valence-corrected chi connectivity index (χ0v) is 15.1. The molecule has 1 aromatic carbocycles. The van der Waals surface area contributed by atoms with Gasteiger partial charge in [0, 0.05) is 45.2 Å². The summed E-state index contributed by atoms with van der Waals surface area (Å²) in [5.41, 5.74) is 1.23. The molecule has 0 bridgehead atoms. The van der Waals surface area contributed by atoms with Crippen molar-refractivity contribution >= 4 is 21.5 Å². The van der Waals surface area contributed by atoms with E-state index in [1.54, 1.807) is 7.05 Å². The van der Waals surface area contributed by atoms with Gasteiger partial charge in [-0.2, -0.15) is 0 Å². The fraction of sp³-hybridized carbons (Fsp3) is 0.562. The highest BCUT2D eigenvalue weighted by Gasteiger charge is 2.05. The fourth-order valence-electron chi connectivity index (χ4n) is 2.16. The number of guanidine groups is 1. The number of sulfone groups is 1. The van der Waals surface area contributed by atoms with Crippen LogP contribution in [0.25, 0.3) is 0 Å². The molecule has 0 saturated heterocycles. The topological polar surface area (TPSA) is 73.8 Å². The van der Waals surface area contributed by atoms with Crippen LogP contribution in [0.1, 0.15) is 13.3 Å². The first-order chi connectivity index (χ1) is 11.0. The summed E-state index contributed by atoms with van der Waals surface area (Å²) >= 11 is 0. The lowest BCUT2D eigenvalue weighted by Gasteiger charge is -2.23. The lowest BCUT2D eigenvalue weighted by Crippen LogP contribution is -2.40. The molecule has 0 spiro atoms. The summed E-state index contributed by atoms with van der Waals surface area (Å²) in [6.07, 6.45) is 2.20. The van der Waals surface area contributed by atoms with Crippen LogP contribution in [0, 0.1) is 0 Å². The molecular weight excluding hydrogens is 312 g/mol. The molecule has 0 fully saturated rings. The third kappa shape index (κ3) is 8.44. The van der Waals surface area contributed by atoms with Crippen LogP contribution >= 0.6 is 0 Å². The van der Waals surface area contributed by atoms with Gasteiger partial charge in [0.25, 0.3) is 0 Å². The van der Waals surface area contributed by atoms with Crippen LogP contribution < -0.4 is 15.5 Å². The van der Waals surface area contributed by atoms with Crippen molar-refractivity contribution in [3.8, 4) is 0 Å². The Morgan fingerprint density at radius 2 is 1.83 bits per heavy atom. The van der Waals surface area contributed by atoms with Gasteiger partial charge in [0.1, 0.15) is 9.84 Å². The van der Waals surface area contributed by atoms with Gasteiger partial charge in [-0.05, 0) is 25.5 Å². The summed E-state index contributed by atoms with van der Waals surface area (Å²) in [6, 6.07) is 10.3. The molecule has 0 saturated carbocycles. The minimum absolute atomic E-state index is 0.102. The number of hydrogen-bond acceptors (Lipinski definition) is 4. The second-order valence-corrected chi connectivity index (χ2v) is 7.58. The van der Waals surface area contributed by atoms with Crippen LogP contribution in [-0.2, 0) is 9.84 Å². The maximum absolute atomic E-state index is 11.1. The summed E-state index contributed by atoms with van der Waals surface area (Å²) in [7, 11) is -1.27. The summed E-state index contributed by atoms with van der Waals surface area (Å²) in [4.78, 5) is 6.41. The van der Waals surface area contributed by atoms with E-state index in [4.69, 9.17) is 0 Å². The fourth-order valence-corrected chi connectivity index (χ4v) is 2.63. The van der Waals surface area contributed by atoms with Gasteiger partial charge < -0.3 is 15.5 Å². The molecule has 0 amide bonds. The number of anilines is 1. The normalized spacial score (nSPS) is 12.0. The molecule has 0 unspecified atom stereocenters. The first kappa shape index (κ1) is 19.3. The van der Waals surface area contributed by atoms with E-state index in [0.29, 0.717) is 12.5 Å². The Bertz CT molecular complexity index is 573. The standard InChI is InChI=1S/C16H28N4O2S/c1-4-20(15-9-6-5-7-10-15)13-8-11-18-16(17-2)19-12-14-23(3,21)22/h5-7,9-10H,4,8,11-14H2,1-3H3,(H2,17,18,19). The van der Waals surface area contributed by atoms with Crippen molar-refractivity contribution in [2.75, 3.05) is 50.1 Å². The predicted molar refractivity (Wildman–Crippen MR) is 98.0 cm³/mol. The summed E-state index contributed by atoms with van der Waals surface area (Å²) in [5.74, 6) is 0.738. The molecule has 0 radical (unpaired) electrons. The van der Waals surface area contributed by atoms with Gasteiger partial charge in [-0.15, -0.1) is 0 Å². The quantitative estimate of drug-likeness (QED) is 0.400. The molecule has 0 heterocycles. The Morgan fingerprint density at radius 3 is 2.39 bits per heavy atom. The van der Waals surface area contributed by atoms with Crippen LogP contribution in [0.15, 0.2) is 35.3 Å². The van der Waals surface area contributed by atoms with Crippen LogP contribution in [-0.4, -0.2) is 59.6 Å². The smallest absolute Gasteiger partial charge is 0.191 e. The molecule has 130 valence electrons. The van der Waals surface area contributed by atoms with Crippen molar-refractivity contribution in [2.45, 2.75) is 13.3 Å². The van der Waals surface area contributed by atoms with E-state index in [2.05, 4.69) is 39.6 Å². The largest absolute Gasteiger partial charge is 0.372 e. The highest BCUT2D eigenvalue weighted by Crippen LogP contribution is 2.12. The Morgan fingerprint density at radius 1 is 1.17 bits per heavy atom. The lowest BCUT2D eigenvalue weighted by atomic mass is 10.2. The maximum Gasteiger partial charge on any atom is 0.191 e. The Hall–Kier alpha value is -1.76. The van der Waals surface area contributed by atoms with E-state index in [1.807, 2.05) is 18.2 Å². The molecule has 0 aromatic heterocycles. The van der Waals surface area contributed by atoms with Crippen LogP contribution in [0.4, 0.5) is 5.69 Å². The maximum atomic E-state index is 11.1. The Balaban J connectivity index is 2.29. The molecular formula is C16H28N4O2S. The summed E-state index contributed by atoms with van der Waals surface area (Å²) < 4.78 is 22.2. The first-order valence-electron chi connectivity index (χ1n) is 7.88. The van der Waals surface area contributed by atoms with E-state index < -0.39 is 9.84 Å². The number of hydrogen-bond donors (Lipinski definition) is 2. The second kappa shape index (κ2) is 10.1. The van der Waals surface area contributed by atoms with Crippen molar-refractivity contribution < 1.29 is 8.42 Å². The van der Waals surface area contributed by atoms with E-state index in [1.165, 1.54) is 11.9 Å². The third-order valence-corrected chi connectivity index (χ3v) is 4.33. The SMILES string of the molecule is CCN(CCCNC(=NC)NCCS(C)(=O)=O)c1ccccc1. The molecule has 1 rings (SSSR count). The average Bonchev–Trinajstić information content (AvgIpc) is 2.53. The van der Waals surface area contributed by atoms with Crippen LogP contribution in [0.5, 0.6) is 0 Å². The van der Waals surface area contributed by atoms with Gasteiger partial charge in [-0.25, -0.2) is 8.42 Å². The van der Waals surface area contributed by atoms with Crippen molar-refractivity contribution in [3.63, 3.8) is 0 Å². The highest BCUT2D eigenvalue weighted by atomic mass is 32.2. The molecule has 7 heteroatoms. The molecule has 0 aliphatic carbocycles. The predicted octanol–water partition coefficient (Wildman–Crippen LogP) is 1.11. The first-order valence-corrected chi connectivity index (χ1v) is 9.94. The van der Waals surface area contributed by atoms with Gasteiger partial charge in [0.15, 0.2) is 5.96 Å². The minimum atomic E-state index is -2.95. The van der Waals surface area contributed by atoms with Gasteiger partial charge >= 0.3 is 0 Å². The van der Waals surface area contributed by atoms with E-state index in [9.17, 15) is 8.42 Å². The highest BCUT2D eigenvalue weighted by molar-refractivity contribution is 7.90. The average molecular weight is 340 g/mol. The van der Waals surface area contributed by atoms with E-state index in [-0.39, 0.29) is 5.75 Å². The number of para-hydroxylation sites is 1. The van der Waals surface area contributed by atoms with Gasteiger partial charge in [-0.1, -0.05) is 18.2 Å². The van der Waals surface area contributed by atoms with Gasteiger partial charge in [-0.3, -0.25) is 4.99 Å². The summed E-state index contributed by atoms with van der Waals surface area (Å²) in [5, 5.41) is 6.21. The Kier molecular flexibility index (Phi) is 8.47. The zero-order valence-electron chi connectivity index (χ0n) is 14.2. The third-order valence-electron chi connectivity index (χ3n) is 3.39. The number of nitrogens with one attached hydrogen (secondary N) is 2. The molecule has 23 heavy (non-hydrogen) atoms. The molecule has 0 aliphatic rings. The summed E-state index contributed by atoms with van der Waals surface area (Å²) in [6.45, 7) is 5.21. The zero-order chi connectivity index (χ0) is 17.1. The van der Waals surface area contributed by atoms with Crippen LogP contribution in [0.2, 0.25) is 0 Å². The number of rotatable bonds is 9. The molecule has 1 aromatic rings. The van der Waals surface area contributed by atoms with Crippen molar-refractivity contribution in [2.24, 2.45) is 4.99 Å². The van der Waals surface area contributed by atoms with E-state index in [0.717, 1.165) is 26.1 Å². The number of nitrogens with zero attached hydrogens (tertiary/aromatic N) is 2. The van der Waals surface area contributed by atoms with E-state index >= 15 is 0 Å².